The van der Waals surface area contributed by atoms with Crippen molar-refractivity contribution >= 4 is 11.9 Å². The fourth-order valence-electron chi connectivity index (χ4n) is 1.47. The van der Waals surface area contributed by atoms with Gasteiger partial charge in [-0.1, -0.05) is 19.1 Å². The zero-order valence-corrected chi connectivity index (χ0v) is 8.90. The minimum Gasteiger partial charge on any atom is -0.467 e. The highest BCUT2D eigenvalue weighted by molar-refractivity contribution is 5.92. The summed E-state index contributed by atoms with van der Waals surface area (Å²) in [7, 11) is 2.93. The fourth-order valence-corrected chi connectivity index (χ4v) is 1.47. The van der Waals surface area contributed by atoms with Crippen LogP contribution in [-0.4, -0.2) is 36.5 Å². The van der Waals surface area contributed by atoms with Crippen LogP contribution < -0.4 is 0 Å². The highest BCUT2D eigenvalue weighted by atomic mass is 16.5. The molecule has 0 radical (unpaired) electrons. The Labute approximate surface area is 83.5 Å². The third-order valence-corrected chi connectivity index (χ3v) is 2.72. The molecule has 0 aromatic heterocycles. The van der Waals surface area contributed by atoms with Gasteiger partial charge in [0.05, 0.1) is 13.0 Å². The van der Waals surface area contributed by atoms with E-state index in [1.54, 1.807) is 33.0 Å². The van der Waals surface area contributed by atoms with Crippen LogP contribution in [0, 0.1) is 5.92 Å². The van der Waals surface area contributed by atoms with Crippen LogP contribution in [0.1, 0.15) is 13.8 Å². The first-order chi connectivity index (χ1) is 6.43. The highest BCUT2D eigenvalue weighted by Crippen LogP contribution is 2.25. The maximum atomic E-state index is 11.6. The first-order valence-corrected chi connectivity index (χ1v) is 4.49. The van der Waals surface area contributed by atoms with Crippen LogP contribution in [0.15, 0.2) is 12.2 Å². The van der Waals surface area contributed by atoms with E-state index >= 15 is 0 Å². The van der Waals surface area contributed by atoms with Crippen molar-refractivity contribution in [2.45, 2.75) is 19.4 Å². The lowest BCUT2D eigenvalue weighted by Crippen LogP contribution is -2.55. The summed E-state index contributed by atoms with van der Waals surface area (Å²) >= 11 is 0. The normalized spacial score (nSPS) is 31.9. The first kappa shape index (κ1) is 10.8. The molecule has 0 saturated carbocycles. The Bertz CT molecular complexity index is 298. The van der Waals surface area contributed by atoms with Crippen molar-refractivity contribution in [3.05, 3.63) is 12.2 Å². The molecule has 4 nitrogen and oxygen atoms in total. The molecule has 0 aromatic carbocycles. The first-order valence-electron chi connectivity index (χ1n) is 4.49. The van der Waals surface area contributed by atoms with Crippen LogP contribution in [0.5, 0.6) is 0 Å². The summed E-state index contributed by atoms with van der Waals surface area (Å²) in [5.41, 5.74) is -0.960. The molecule has 1 aliphatic rings. The maximum absolute atomic E-state index is 11.6. The third kappa shape index (κ3) is 1.41. The van der Waals surface area contributed by atoms with Crippen molar-refractivity contribution < 1.29 is 14.3 Å². The molecule has 0 fully saturated rings. The molecule has 0 spiro atoms. The SMILES string of the molecule is COC(=O)C1(C)C=CC(C)C(=O)N1C. The summed E-state index contributed by atoms with van der Waals surface area (Å²) in [6.07, 6.45) is 3.45. The van der Waals surface area contributed by atoms with E-state index in [0.29, 0.717) is 0 Å². The molecule has 1 rings (SSSR count). The third-order valence-electron chi connectivity index (χ3n) is 2.72. The van der Waals surface area contributed by atoms with Gasteiger partial charge in [-0.05, 0) is 6.92 Å². The van der Waals surface area contributed by atoms with E-state index in [-0.39, 0.29) is 11.8 Å². The molecule has 14 heavy (non-hydrogen) atoms. The zero-order valence-electron chi connectivity index (χ0n) is 8.90. The second-order valence-electron chi connectivity index (χ2n) is 3.68. The molecule has 1 amide bonds. The van der Waals surface area contributed by atoms with E-state index in [4.69, 9.17) is 0 Å². The molecule has 2 atom stereocenters. The van der Waals surface area contributed by atoms with Gasteiger partial charge >= 0.3 is 5.97 Å². The van der Waals surface area contributed by atoms with Gasteiger partial charge in [-0.2, -0.15) is 0 Å². The Morgan fingerprint density at radius 2 is 2.21 bits per heavy atom. The fraction of sp³-hybridized carbons (Fsp3) is 0.600. The second-order valence-corrected chi connectivity index (χ2v) is 3.68. The van der Waals surface area contributed by atoms with E-state index in [1.165, 1.54) is 12.0 Å². The van der Waals surface area contributed by atoms with Crippen molar-refractivity contribution in [1.29, 1.82) is 0 Å². The van der Waals surface area contributed by atoms with Crippen LogP contribution in [0.25, 0.3) is 0 Å². The van der Waals surface area contributed by atoms with Crippen LogP contribution >= 0.6 is 0 Å². The molecule has 1 heterocycles. The van der Waals surface area contributed by atoms with Crippen molar-refractivity contribution in [2.75, 3.05) is 14.2 Å². The van der Waals surface area contributed by atoms with Crippen LogP contribution in [0.4, 0.5) is 0 Å². The van der Waals surface area contributed by atoms with Crippen molar-refractivity contribution in [3.63, 3.8) is 0 Å². The molecule has 0 bridgehead atoms. The number of hydrogen-bond acceptors (Lipinski definition) is 3. The smallest absolute Gasteiger partial charge is 0.335 e. The van der Waals surface area contributed by atoms with Crippen molar-refractivity contribution in [1.82, 2.24) is 4.90 Å². The van der Waals surface area contributed by atoms with Crippen molar-refractivity contribution in [2.24, 2.45) is 5.92 Å². The summed E-state index contributed by atoms with van der Waals surface area (Å²) in [6, 6.07) is 0. The molecule has 0 N–H and O–H groups in total. The van der Waals surface area contributed by atoms with E-state index < -0.39 is 11.5 Å². The average Bonchev–Trinajstić information content (AvgIpc) is 2.19. The number of esters is 1. The number of rotatable bonds is 1. The number of methoxy groups -OCH3 is 1. The minimum atomic E-state index is -0.960. The zero-order chi connectivity index (χ0) is 10.9. The maximum Gasteiger partial charge on any atom is 0.335 e. The number of hydrogen-bond donors (Lipinski definition) is 0. The molecule has 0 aliphatic carbocycles. The summed E-state index contributed by atoms with van der Waals surface area (Å²) in [6.45, 7) is 3.46. The van der Waals surface area contributed by atoms with Crippen LogP contribution in [0.2, 0.25) is 0 Å². The van der Waals surface area contributed by atoms with Crippen molar-refractivity contribution in [3.8, 4) is 0 Å². The molecule has 0 saturated heterocycles. The van der Waals surface area contributed by atoms with Gasteiger partial charge in [0.15, 0.2) is 5.54 Å². The summed E-state index contributed by atoms with van der Waals surface area (Å²) in [5, 5.41) is 0. The van der Waals surface area contributed by atoms with Gasteiger partial charge in [0, 0.05) is 7.05 Å². The lowest BCUT2D eigenvalue weighted by molar-refractivity contribution is -0.157. The van der Waals surface area contributed by atoms with E-state index in [1.807, 2.05) is 0 Å². The molecule has 4 heteroatoms. The molecule has 2 unspecified atom stereocenters. The van der Waals surface area contributed by atoms with Gasteiger partial charge in [0.2, 0.25) is 5.91 Å². The number of nitrogens with zero attached hydrogens (tertiary/aromatic N) is 1. The van der Waals surface area contributed by atoms with E-state index in [2.05, 4.69) is 4.74 Å². The topological polar surface area (TPSA) is 46.6 Å². The van der Waals surface area contributed by atoms with E-state index in [9.17, 15) is 9.59 Å². The Balaban J connectivity index is 3.06. The monoisotopic (exact) mass is 197 g/mol. The number of ether oxygens (including phenoxy) is 1. The number of carbonyl (C=O) groups is 2. The van der Waals surface area contributed by atoms with Crippen LogP contribution in [0.3, 0.4) is 0 Å². The van der Waals surface area contributed by atoms with E-state index in [0.717, 1.165) is 0 Å². The lowest BCUT2D eigenvalue weighted by atomic mass is 9.91. The molecule has 1 aliphatic heterocycles. The van der Waals surface area contributed by atoms with Gasteiger partial charge in [-0.25, -0.2) is 4.79 Å². The Kier molecular flexibility index (Phi) is 2.64. The number of carbonyl (C=O) groups excluding carboxylic acids is 2. The lowest BCUT2D eigenvalue weighted by Gasteiger charge is -2.38. The van der Waals surface area contributed by atoms with Gasteiger partial charge in [0.1, 0.15) is 0 Å². The number of likely N-dealkylation sites (N-methyl/N-ethyl adjacent to an activating group) is 1. The minimum absolute atomic E-state index is 0.0691. The van der Waals surface area contributed by atoms with Gasteiger partial charge in [-0.3, -0.25) is 4.79 Å². The largest absolute Gasteiger partial charge is 0.467 e. The average molecular weight is 197 g/mol. The molecular weight excluding hydrogens is 182 g/mol. The summed E-state index contributed by atoms with van der Waals surface area (Å²) < 4.78 is 4.66. The Morgan fingerprint density at radius 3 is 2.71 bits per heavy atom. The quantitative estimate of drug-likeness (QED) is 0.456. The standard InChI is InChI=1S/C10H15NO3/c1-7-5-6-10(2,9(13)14-4)11(3)8(7)12/h5-7H,1-4H3. The highest BCUT2D eigenvalue weighted by Gasteiger charge is 2.42. The second kappa shape index (κ2) is 3.44. The predicted octanol–water partition coefficient (Wildman–Crippen LogP) is 0.582. The van der Waals surface area contributed by atoms with Gasteiger partial charge < -0.3 is 9.64 Å². The number of amides is 1. The summed E-state index contributed by atoms with van der Waals surface area (Å²) in [4.78, 5) is 24.5. The van der Waals surface area contributed by atoms with Gasteiger partial charge in [0.25, 0.3) is 0 Å². The molecule has 78 valence electrons. The summed E-state index contributed by atoms with van der Waals surface area (Å²) in [5.74, 6) is -0.658. The predicted molar refractivity (Wildman–Crippen MR) is 51.5 cm³/mol. The van der Waals surface area contributed by atoms with Crippen LogP contribution in [-0.2, 0) is 14.3 Å². The Hall–Kier alpha value is -1.32. The van der Waals surface area contributed by atoms with Gasteiger partial charge in [-0.15, -0.1) is 0 Å². The molecule has 0 aromatic rings. The Morgan fingerprint density at radius 1 is 1.64 bits per heavy atom. The molecular formula is C10H15NO3.